The van der Waals surface area contributed by atoms with Crippen molar-refractivity contribution in [2.75, 3.05) is 0 Å². The lowest BCUT2D eigenvalue weighted by Gasteiger charge is -2.12. The molecule has 25 heavy (non-hydrogen) atoms. The van der Waals surface area contributed by atoms with Crippen LogP contribution in [-0.4, -0.2) is 16.1 Å². The van der Waals surface area contributed by atoms with Crippen LogP contribution < -0.4 is 16.2 Å². The summed E-state index contributed by atoms with van der Waals surface area (Å²) in [4.78, 5) is 12.3. The van der Waals surface area contributed by atoms with Gasteiger partial charge in [-0.1, -0.05) is 54.6 Å². The molecule has 0 unspecified atom stereocenters. The van der Waals surface area contributed by atoms with Crippen LogP contribution in [0.5, 0.6) is 5.75 Å². The summed E-state index contributed by atoms with van der Waals surface area (Å²) in [5.74, 6) is -0.548. The van der Waals surface area contributed by atoms with Gasteiger partial charge in [0.2, 0.25) is 0 Å². The Morgan fingerprint density at radius 2 is 1.56 bits per heavy atom. The Bertz CT molecular complexity index is 913. The summed E-state index contributed by atoms with van der Waals surface area (Å²) < 4.78 is 0. The van der Waals surface area contributed by atoms with Gasteiger partial charge < -0.3 is 10.4 Å². The molecule has 1 amide bonds. The largest absolute Gasteiger partial charge is 0.507 e. The smallest absolute Gasteiger partial charge is 0.273 e. The number of aromatic hydroxyl groups is 1. The van der Waals surface area contributed by atoms with Gasteiger partial charge in [-0.15, -0.1) is 0 Å². The standard InChI is InChI=1S/C19H17N3O2S/c23-17-11-15-9-5-4-8-14(15)10-16(17)18(24)21-22-19(25)20-12-13-6-2-1-3-7-13/h1-11,23H,12H2,(H,21,24)(H2,20,22,25). The fourth-order valence-corrected chi connectivity index (χ4v) is 2.54. The maximum atomic E-state index is 12.3. The molecule has 0 radical (unpaired) electrons. The Kier molecular flexibility index (Phi) is 5.11. The highest BCUT2D eigenvalue weighted by molar-refractivity contribution is 7.80. The maximum absolute atomic E-state index is 12.3. The quantitative estimate of drug-likeness (QED) is 0.431. The summed E-state index contributed by atoms with van der Waals surface area (Å²) in [6, 6.07) is 20.5. The number of carbonyl (C=O) groups is 1. The molecule has 0 fully saturated rings. The van der Waals surface area contributed by atoms with Crippen molar-refractivity contribution in [1.82, 2.24) is 16.2 Å². The molecule has 0 bridgehead atoms. The van der Waals surface area contributed by atoms with E-state index in [4.69, 9.17) is 12.2 Å². The molecule has 0 atom stereocenters. The van der Waals surface area contributed by atoms with Gasteiger partial charge in [0.05, 0.1) is 5.56 Å². The lowest BCUT2D eigenvalue weighted by molar-refractivity contribution is 0.0941. The van der Waals surface area contributed by atoms with E-state index in [1.165, 1.54) is 0 Å². The number of hydrogen-bond donors (Lipinski definition) is 4. The Morgan fingerprint density at radius 1 is 0.920 bits per heavy atom. The van der Waals surface area contributed by atoms with Crippen LogP contribution in [0, 0.1) is 0 Å². The highest BCUT2D eigenvalue weighted by Crippen LogP contribution is 2.24. The molecule has 0 spiro atoms. The fourth-order valence-electron chi connectivity index (χ4n) is 2.41. The van der Waals surface area contributed by atoms with Crippen LogP contribution in [0.1, 0.15) is 15.9 Å². The van der Waals surface area contributed by atoms with Crippen LogP contribution in [0.15, 0.2) is 66.7 Å². The van der Waals surface area contributed by atoms with Crippen LogP contribution in [-0.2, 0) is 6.54 Å². The number of benzene rings is 3. The molecule has 3 aromatic rings. The Morgan fingerprint density at radius 3 is 2.28 bits per heavy atom. The lowest BCUT2D eigenvalue weighted by Crippen LogP contribution is -2.46. The van der Waals surface area contributed by atoms with E-state index >= 15 is 0 Å². The van der Waals surface area contributed by atoms with Gasteiger partial charge in [0.1, 0.15) is 5.75 Å². The van der Waals surface area contributed by atoms with Gasteiger partial charge in [-0.2, -0.15) is 0 Å². The molecule has 126 valence electrons. The second-order valence-corrected chi connectivity index (χ2v) is 5.87. The van der Waals surface area contributed by atoms with Crippen molar-refractivity contribution >= 4 is 34.0 Å². The first-order valence-electron chi connectivity index (χ1n) is 7.73. The number of amides is 1. The van der Waals surface area contributed by atoms with E-state index in [9.17, 15) is 9.90 Å². The van der Waals surface area contributed by atoms with E-state index in [-0.39, 0.29) is 16.4 Å². The molecule has 3 aromatic carbocycles. The molecular formula is C19H17N3O2S. The first-order chi connectivity index (χ1) is 12.1. The summed E-state index contributed by atoms with van der Waals surface area (Å²) in [6.45, 7) is 0.545. The fraction of sp³-hybridized carbons (Fsp3) is 0.0526. The van der Waals surface area contributed by atoms with Gasteiger partial charge in [0.25, 0.3) is 5.91 Å². The topological polar surface area (TPSA) is 73.4 Å². The Balaban J connectivity index is 1.59. The van der Waals surface area contributed by atoms with E-state index in [0.717, 1.165) is 16.3 Å². The van der Waals surface area contributed by atoms with Gasteiger partial charge in [-0.3, -0.25) is 15.6 Å². The van der Waals surface area contributed by atoms with Crippen LogP contribution in [0.2, 0.25) is 0 Å². The summed E-state index contributed by atoms with van der Waals surface area (Å²) >= 11 is 5.13. The predicted octanol–water partition coefficient (Wildman–Crippen LogP) is 2.85. The zero-order valence-electron chi connectivity index (χ0n) is 13.3. The lowest BCUT2D eigenvalue weighted by atomic mass is 10.1. The van der Waals surface area contributed by atoms with Crippen molar-refractivity contribution in [3.05, 3.63) is 77.9 Å². The predicted molar refractivity (Wildman–Crippen MR) is 102 cm³/mol. The van der Waals surface area contributed by atoms with Crippen molar-refractivity contribution < 1.29 is 9.90 Å². The third-order valence-corrected chi connectivity index (χ3v) is 3.94. The van der Waals surface area contributed by atoms with Gasteiger partial charge in [-0.25, -0.2) is 0 Å². The van der Waals surface area contributed by atoms with Crippen LogP contribution in [0.25, 0.3) is 10.8 Å². The first-order valence-corrected chi connectivity index (χ1v) is 8.14. The minimum Gasteiger partial charge on any atom is -0.507 e. The van der Waals surface area contributed by atoms with Crippen LogP contribution >= 0.6 is 12.2 Å². The van der Waals surface area contributed by atoms with Crippen molar-refractivity contribution in [2.24, 2.45) is 0 Å². The molecule has 3 rings (SSSR count). The molecule has 4 N–H and O–H groups in total. The molecule has 5 nitrogen and oxygen atoms in total. The molecule has 0 saturated heterocycles. The minimum absolute atomic E-state index is 0.0823. The van der Waals surface area contributed by atoms with E-state index < -0.39 is 5.91 Å². The van der Waals surface area contributed by atoms with Crippen LogP contribution in [0.4, 0.5) is 0 Å². The maximum Gasteiger partial charge on any atom is 0.273 e. The number of phenolic OH excluding ortho intramolecular Hbond substituents is 1. The highest BCUT2D eigenvalue weighted by atomic mass is 32.1. The number of fused-ring (bicyclic) bond motifs is 1. The molecule has 0 saturated carbocycles. The zero-order chi connectivity index (χ0) is 17.6. The number of thiocarbonyl (C=S) groups is 1. The molecule has 0 aliphatic heterocycles. The number of nitrogens with one attached hydrogen (secondary N) is 3. The summed E-state index contributed by atoms with van der Waals surface area (Å²) in [7, 11) is 0. The second-order valence-electron chi connectivity index (χ2n) is 5.46. The highest BCUT2D eigenvalue weighted by Gasteiger charge is 2.12. The van der Waals surface area contributed by atoms with Gasteiger partial charge in [-0.05, 0) is 40.7 Å². The third kappa shape index (κ3) is 4.24. The molecule has 6 heteroatoms. The molecule has 0 aliphatic carbocycles. The van der Waals surface area contributed by atoms with Gasteiger partial charge in [0.15, 0.2) is 5.11 Å². The van der Waals surface area contributed by atoms with Crippen molar-refractivity contribution in [1.29, 1.82) is 0 Å². The van der Waals surface area contributed by atoms with Crippen molar-refractivity contribution in [2.45, 2.75) is 6.54 Å². The van der Waals surface area contributed by atoms with Gasteiger partial charge >= 0.3 is 0 Å². The first kappa shape index (κ1) is 16.7. The van der Waals surface area contributed by atoms with Gasteiger partial charge in [0, 0.05) is 6.54 Å². The van der Waals surface area contributed by atoms with Crippen LogP contribution in [0.3, 0.4) is 0 Å². The normalized spacial score (nSPS) is 10.2. The van der Waals surface area contributed by atoms with E-state index in [0.29, 0.717) is 6.54 Å². The van der Waals surface area contributed by atoms with Crippen molar-refractivity contribution in [3.63, 3.8) is 0 Å². The molecule has 0 heterocycles. The third-order valence-electron chi connectivity index (χ3n) is 3.69. The number of phenols is 1. The molecule has 0 aliphatic rings. The molecule has 0 aromatic heterocycles. The number of hydrogen-bond acceptors (Lipinski definition) is 3. The monoisotopic (exact) mass is 351 g/mol. The zero-order valence-corrected chi connectivity index (χ0v) is 14.1. The van der Waals surface area contributed by atoms with E-state index in [2.05, 4.69) is 16.2 Å². The van der Waals surface area contributed by atoms with Crippen molar-refractivity contribution in [3.8, 4) is 5.75 Å². The second kappa shape index (κ2) is 7.63. The SMILES string of the molecule is O=C(NNC(=S)NCc1ccccc1)c1cc2ccccc2cc1O. The van der Waals surface area contributed by atoms with E-state index in [1.807, 2.05) is 54.6 Å². The Hall–Kier alpha value is -3.12. The average Bonchev–Trinajstić information content (AvgIpc) is 2.64. The number of rotatable bonds is 3. The summed E-state index contributed by atoms with van der Waals surface area (Å²) in [6.07, 6.45) is 0. The van der Waals surface area contributed by atoms with E-state index in [1.54, 1.807) is 12.1 Å². The minimum atomic E-state index is -0.466. The molecular weight excluding hydrogens is 334 g/mol. The number of hydrazine groups is 1. The number of carbonyl (C=O) groups excluding carboxylic acids is 1. The summed E-state index contributed by atoms with van der Waals surface area (Å²) in [5, 5.41) is 15.1. The summed E-state index contributed by atoms with van der Waals surface area (Å²) in [5.41, 5.74) is 6.38. The Labute approximate surface area is 150 Å². The average molecular weight is 351 g/mol.